The van der Waals surface area contributed by atoms with Gasteiger partial charge >= 0.3 is 0 Å². The summed E-state index contributed by atoms with van der Waals surface area (Å²) in [6.07, 6.45) is 0.462. The molecule has 1 unspecified atom stereocenters. The fourth-order valence-corrected chi connectivity index (χ4v) is 5.61. The quantitative estimate of drug-likeness (QED) is 0.759. The van der Waals surface area contributed by atoms with Gasteiger partial charge in [0.05, 0.1) is 19.4 Å². The molecule has 3 rings (SSSR count). The Hall–Kier alpha value is -1.41. The lowest BCUT2D eigenvalue weighted by molar-refractivity contribution is 0.0660. The Labute approximate surface area is 138 Å². The molecule has 0 aliphatic carbocycles. The van der Waals surface area contributed by atoms with Crippen LogP contribution in [0.25, 0.3) is 11.1 Å². The molecular formula is C19H23O3P. The van der Waals surface area contributed by atoms with Gasteiger partial charge in [0.1, 0.15) is 0 Å². The number of methoxy groups -OCH3 is 1. The van der Waals surface area contributed by atoms with E-state index >= 15 is 0 Å². The number of benzene rings is 2. The van der Waals surface area contributed by atoms with Crippen LogP contribution in [0.1, 0.15) is 19.4 Å². The van der Waals surface area contributed by atoms with Gasteiger partial charge in [-0.15, -0.1) is 0 Å². The first kappa shape index (κ1) is 16.4. The maximum atomic E-state index is 13.6. The van der Waals surface area contributed by atoms with E-state index in [4.69, 9.17) is 9.26 Å². The molecule has 3 nitrogen and oxygen atoms in total. The maximum Gasteiger partial charge on any atom is 0.237 e. The summed E-state index contributed by atoms with van der Waals surface area (Å²) in [6.45, 7) is 5.11. The van der Waals surface area contributed by atoms with Gasteiger partial charge in [-0.1, -0.05) is 56.3 Å². The smallest absolute Gasteiger partial charge is 0.237 e. The van der Waals surface area contributed by atoms with E-state index in [-0.39, 0.29) is 5.41 Å². The molecule has 1 aliphatic rings. The second-order valence-electron chi connectivity index (χ2n) is 6.88. The Balaban J connectivity index is 1.97. The first-order chi connectivity index (χ1) is 11.0. The van der Waals surface area contributed by atoms with Crippen LogP contribution in [0.2, 0.25) is 0 Å². The fraction of sp³-hybridized carbons (Fsp3) is 0.368. The van der Waals surface area contributed by atoms with Gasteiger partial charge in [-0.3, -0.25) is 4.57 Å². The van der Waals surface area contributed by atoms with Gasteiger partial charge < -0.3 is 9.26 Å². The van der Waals surface area contributed by atoms with E-state index < -0.39 is 7.37 Å². The molecule has 0 saturated carbocycles. The molecule has 0 saturated heterocycles. The number of ether oxygens (including phenoxy) is 1. The highest BCUT2D eigenvalue weighted by atomic mass is 31.2. The van der Waals surface area contributed by atoms with Gasteiger partial charge in [0.15, 0.2) is 0 Å². The van der Waals surface area contributed by atoms with Crippen molar-refractivity contribution in [1.82, 2.24) is 0 Å². The zero-order chi connectivity index (χ0) is 16.5. The Kier molecular flexibility index (Phi) is 4.46. The van der Waals surface area contributed by atoms with Crippen LogP contribution in [-0.4, -0.2) is 20.3 Å². The summed E-state index contributed by atoms with van der Waals surface area (Å²) in [5.74, 6) is 0. The molecule has 1 atom stereocenters. The molecule has 1 heterocycles. The van der Waals surface area contributed by atoms with Crippen LogP contribution in [0.5, 0.6) is 0 Å². The van der Waals surface area contributed by atoms with Crippen molar-refractivity contribution in [3.05, 3.63) is 54.1 Å². The van der Waals surface area contributed by atoms with E-state index in [1.54, 1.807) is 7.11 Å². The number of fused-ring (bicyclic) bond motifs is 3. The monoisotopic (exact) mass is 330 g/mol. The van der Waals surface area contributed by atoms with Gasteiger partial charge in [-0.05, 0) is 22.8 Å². The van der Waals surface area contributed by atoms with Crippen LogP contribution in [-0.2, 0) is 20.0 Å². The third-order valence-electron chi connectivity index (χ3n) is 4.16. The summed E-state index contributed by atoms with van der Waals surface area (Å²) >= 11 is 0. The van der Waals surface area contributed by atoms with Crippen LogP contribution in [0.3, 0.4) is 0 Å². The zero-order valence-electron chi connectivity index (χ0n) is 13.9. The zero-order valence-corrected chi connectivity index (χ0v) is 14.8. The molecule has 0 bridgehead atoms. The standard InChI is InChI=1S/C19H23O3P/c1-19(2,13-21-3)14-22-23(20)12-15-8-4-5-9-16(15)17-10-6-7-11-18(17)23/h4-11H,12-14H2,1-3H3. The highest BCUT2D eigenvalue weighted by molar-refractivity contribution is 7.66. The number of hydrogen-bond acceptors (Lipinski definition) is 3. The molecule has 4 heteroatoms. The van der Waals surface area contributed by atoms with Crippen LogP contribution in [0.15, 0.2) is 48.5 Å². The van der Waals surface area contributed by atoms with Crippen molar-refractivity contribution < 1.29 is 13.8 Å². The van der Waals surface area contributed by atoms with Crippen molar-refractivity contribution >= 4 is 12.7 Å². The van der Waals surface area contributed by atoms with Gasteiger partial charge in [0.2, 0.25) is 7.37 Å². The summed E-state index contributed by atoms with van der Waals surface area (Å²) in [6, 6.07) is 16.0. The molecule has 2 aromatic rings. The summed E-state index contributed by atoms with van der Waals surface area (Å²) in [5.41, 5.74) is 3.12. The predicted octanol–water partition coefficient (Wildman–Crippen LogP) is 4.46. The molecule has 0 aromatic heterocycles. The summed E-state index contributed by atoms with van der Waals surface area (Å²) < 4.78 is 24.9. The Morgan fingerprint density at radius 1 is 1.00 bits per heavy atom. The van der Waals surface area contributed by atoms with E-state index in [2.05, 4.69) is 19.9 Å². The van der Waals surface area contributed by atoms with Crippen LogP contribution in [0, 0.1) is 5.41 Å². The second kappa shape index (κ2) is 6.24. The van der Waals surface area contributed by atoms with Crippen LogP contribution in [0.4, 0.5) is 0 Å². The molecule has 0 radical (unpaired) electrons. The molecule has 0 spiro atoms. The normalized spacial score (nSPS) is 20.0. The molecule has 2 aromatic carbocycles. The van der Waals surface area contributed by atoms with E-state index in [1.165, 1.54) is 0 Å². The van der Waals surface area contributed by atoms with Gasteiger partial charge in [-0.2, -0.15) is 0 Å². The minimum absolute atomic E-state index is 0.169. The van der Waals surface area contributed by atoms with Gasteiger partial charge in [0.25, 0.3) is 0 Å². The molecule has 0 N–H and O–H groups in total. The minimum atomic E-state index is -2.91. The number of hydrogen-bond donors (Lipinski definition) is 0. The largest absolute Gasteiger partial charge is 0.384 e. The summed E-state index contributed by atoms with van der Waals surface area (Å²) in [5, 5.41) is 0.840. The van der Waals surface area contributed by atoms with Crippen molar-refractivity contribution in [2.75, 3.05) is 20.3 Å². The Bertz CT molecular complexity index is 752. The predicted molar refractivity (Wildman–Crippen MR) is 94.4 cm³/mol. The average Bonchev–Trinajstić information content (AvgIpc) is 2.54. The highest BCUT2D eigenvalue weighted by Crippen LogP contribution is 2.56. The lowest BCUT2D eigenvalue weighted by Gasteiger charge is -2.31. The van der Waals surface area contributed by atoms with E-state index in [0.29, 0.717) is 19.4 Å². The summed E-state index contributed by atoms with van der Waals surface area (Å²) in [4.78, 5) is 0. The fourth-order valence-electron chi connectivity index (χ4n) is 3.06. The second-order valence-corrected chi connectivity index (χ2v) is 9.28. The average molecular weight is 330 g/mol. The van der Waals surface area contributed by atoms with Gasteiger partial charge in [-0.25, -0.2) is 0 Å². The molecule has 1 aliphatic heterocycles. The molecule has 0 fully saturated rings. The minimum Gasteiger partial charge on any atom is -0.384 e. The number of rotatable bonds is 5. The first-order valence-corrected chi connectivity index (χ1v) is 9.67. The van der Waals surface area contributed by atoms with Crippen molar-refractivity contribution in [3.63, 3.8) is 0 Å². The third kappa shape index (κ3) is 3.28. The lowest BCUT2D eigenvalue weighted by Crippen LogP contribution is -2.27. The van der Waals surface area contributed by atoms with E-state index in [0.717, 1.165) is 22.0 Å². The van der Waals surface area contributed by atoms with Gasteiger partial charge in [0, 0.05) is 17.8 Å². The van der Waals surface area contributed by atoms with Crippen molar-refractivity contribution in [1.29, 1.82) is 0 Å². The van der Waals surface area contributed by atoms with Crippen molar-refractivity contribution in [3.8, 4) is 11.1 Å². The van der Waals surface area contributed by atoms with Crippen LogP contribution < -0.4 is 5.30 Å². The molecular weight excluding hydrogens is 307 g/mol. The van der Waals surface area contributed by atoms with Crippen LogP contribution >= 0.6 is 7.37 Å². The molecule has 122 valence electrons. The lowest BCUT2D eigenvalue weighted by atomic mass is 9.97. The van der Waals surface area contributed by atoms with Crippen molar-refractivity contribution in [2.45, 2.75) is 20.0 Å². The third-order valence-corrected chi connectivity index (χ3v) is 6.58. The van der Waals surface area contributed by atoms with E-state index in [1.807, 2.05) is 42.5 Å². The van der Waals surface area contributed by atoms with Crippen molar-refractivity contribution in [2.24, 2.45) is 5.41 Å². The first-order valence-electron chi connectivity index (χ1n) is 7.86. The highest BCUT2D eigenvalue weighted by Gasteiger charge is 2.36. The molecule has 0 amide bonds. The Morgan fingerprint density at radius 2 is 1.65 bits per heavy atom. The van der Waals surface area contributed by atoms with E-state index in [9.17, 15) is 4.57 Å². The molecule has 23 heavy (non-hydrogen) atoms. The summed E-state index contributed by atoms with van der Waals surface area (Å²) in [7, 11) is -1.23. The Morgan fingerprint density at radius 3 is 2.39 bits per heavy atom. The maximum absolute atomic E-state index is 13.6. The SMILES string of the molecule is COCC(C)(C)COP1(=O)Cc2ccccc2-c2ccccc21. The topological polar surface area (TPSA) is 35.5 Å².